The maximum Gasteiger partial charge on any atom is 0.0705 e. The van der Waals surface area contributed by atoms with E-state index in [0.29, 0.717) is 0 Å². The van der Waals surface area contributed by atoms with Gasteiger partial charge in [0.25, 0.3) is 0 Å². The number of unbranched alkanes of at least 4 members (excludes halogenated alkanes) is 1. The maximum absolute atomic E-state index is 9.38. The summed E-state index contributed by atoms with van der Waals surface area (Å²) in [5.74, 6) is 0. The first kappa shape index (κ1) is 10.2. The molecule has 15 heavy (non-hydrogen) atoms. The Bertz CT molecular complexity index is 445. The number of aliphatic hydroxyl groups is 1. The van der Waals surface area contributed by atoms with E-state index in [-0.39, 0.29) is 6.61 Å². The van der Waals surface area contributed by atoms with Crippen LogP contribution in [-0.2, 0) is 13.0 Å². The van der Waals surface area contributed by atoms with Crippen LogP contribution in [0.2, 0.25) is 0 Å². The summed E-state index contributed by atoms with van der Waals surface area (Å²) in [6.45, 7) is 2.31. The molecule has 0 aliphatic rings. The molecule has 2 N–H and O–H groups in total. The number of fused-ring (bicyclic) bond motifs is 1. The zero-order valence-electron chi connectivity index (χ0n) is 9.09. The lowest BCUT2D eigenvalue weighted by atomic mass is 10.1. The second kappa shape index (κ2) is 4.49. The zero-order valence-corrected chi connectivity index (χ0v) is 9.09. The average Bonchev–Trinajstić information content (AvgIpc) is 2.63. The average molecular weight is 203 g/mol. The van der Waals surface area contributed by atoms with E-state index >= 15 is 0 Å². The van der Waals surface area contributed by atoms with E-state index < -0.39 is 0 Å². The summed E-state index contributed by atoms with van der Waals surface area (Å²) in [5.41, 5.74) is 3.40. The Morgan fingerprint density at radius 3 is 2.80 bits per heavy atom. The molecule has 0 radical (unpaired) electrons. The first-order valence-corrected chi connectivity index (χ1v) is 5.56. The van der Waals surface area contributed by atoms with E-state index in [1.54, 1.807) is 0 Å². The number of aryl methyl sites for hydroxylation is 1. The van der Waals surface area contributed by atoms with Gasteiger partial charge in [0, 0.05) is 22.2 Å². The second-order valence-corrected chi connectivity index (χ2v) is 3.89. The Kier molecular flexibility index (Phi) is 3.07. The van der Waals surface area contributed by atoms with Gasteiger partial charge in [0.1, 0.15) is 0 Å². The molecule has 1 aromatic heterocycles. The summed E-state index contributed by atoms with van der Waals surface area (Å²) in [4.78, 5) is 3.39. The molecule has 0 fully saturated rings. The van der Waals surface area contributed by atoms with Gasteiger partial charge in [-0.05, 0) is 18.9 Å². The van der Waals surface area contributed by atoms with Gasteiger partial charge in [0.15, 0.2) is 0 Å². The zero-order chi connectivity index (χ0) is 10.7. The van der Waals surface area contributed by atoms with Crippen molar-refractivity contribution in [3.8, 4) is 0 Å². The van der Waals surface area contributed by atoms with E-state index in [1.165, 1.54) is 18.5 Å². The van der Waals surface area contributed by atoms with E-state index in [1.807, 2.05) is 12.1 Å². The van der Waals surface area contributed by atoms with Crippen LogP contribution in [0.1, 0.15) is 31.0 Å². The summed E-state index contributed by atoms with van der Waals surface area (Å²) in [5, 5.41) is 10.5. The highest BCUT2D eigenvalue weighted by atomic mass is 16.3. The molecular weight excluding hydrogens is 186 g/mol. The van der Waals surface area contributed by atoms with Crippen LogP contribution in [-0.4, -0.2) is 10.1 Å². The predicted molar refractivity (Wildman–Crippen MR) is 62.8 cm³/mol. The summed E-state index contributed by atoms with van der Waals surface area (Å²) < 4.78 is 0. The Morgan fingerprint density at radius 2 is 2.07 bits per heavy atom. The number of hydrogen-bond donors (Lipinski definition) is 2. The molecule has 2 nitrogen and oxygen atoms in total. The van der Waals surface area contributed by atoms with Gasteiger partial charge in [-0.25, -0.2) is 0 Å². The Hall–Kier alpha value is -1.28. The largest absolute Gasteiger partial charge is 0.392 e. The van der Waals surface area contributed by atoms with Gasteiger partial charge in [-0.15, -0.1) is 0 Å². The number of aromatic amines is 1. The highest BCUT2D eigenvalue weighted by molar-refractivity contribution is 5.84. The fourth-order valence-corrected chi connectivity index (χ4v) is 2.00. The van der Waals surface area contributed by atoms with Crippen LogP contribution >= 0.6 is 0 Å². The van der Waals surface area contributed by atoms with Crippen LogP contribution in [0, 0.1) is 0 Å². The van der Waals surface area contributed by atoms with E-state index in [0.717, 1.165) is 22.9 Å². The van der Waals surface area contributed by atoms with Crippen molar-refractivity contribution in [3.05, 3.63) is 35.5 Å². The first-order chi connectivity index (χ1) is 7.36. The molecule has 0 amide bonds. The van der Waals surface area contributed by atoms with Crippen LogP contribution in [0.5, 0.6) is 0 Å². The normalized spacial score (nSPS) is 11.1. The molecule has 1 heterocycles. The monoisotopic (exact) mass is 203 g/mol. The molecule has 0 saturated heterocycles. The number of H-pyrrole nitrogens is 1. The van der Waals surface area contributed by atoms with Gasteiger partial charge in [-0.2, -0.15) is 0 Å². The molecule has 0 atom stereocenters. The molecule has 0 spiro atoms. The van der Waals surface area contributed by atoms with Gasteiger partial charge < -0.3 is 10.1 Å². The molecule has 2 rings (SSSR count). The van der Waals surface area contributed by atoms with Crippen LogP contribution in [0.25, 0.3) is 10.9 Å². The third-order valence-corrected chi connectivity index (χ3v) is 2.84. The number of aliphatic hydroxyl groups excluding tert-OH is 1. The third kappa shape index (κ3) is 1.90. The minimum atomic E-state index is 0.128. The van der Waals surface area contributed by atoms with Crippen molar-refractivity contribution in [2.24, 2.45) is 0 Å². The molecule has 0 unspecified atom stereocenters. The summed E-state index contributed by atoms with van der Waals surface area (Å²) in [6.07, 6.45) is 3.38. The predicted octanol–water partition coefficient (Wildman–Crippen LogP) is 3.00. The molecule has 0 aliphatic carbocycles. The number of hydrogen-bond acceptors (Lipinski definition) is 1. The molecule has 0 saturated carbocycles. The highest BCUT2D eigenvalue weighted by Crippen LogP contribution is 2.23. The number of aromatic nitrogens is 1. The van der Waals surface area contributed by atoms with Crippen molar-refractivity contribution in [3.63, 3.8) is 0 Å². The lowest BCUT2D eigenvalue weighted by Gasteiger charge is -1.99. The molecular formula is C13H17NO. The van der Waals surface area contributed by atoms with Crippen LogP contribution in [0.3, 0.4) is 0 Å². The van der Waals surface area contributed by atoms with E-state index in [4.69, 9.17) is 0 Å². The Morgan fingerprint density at radius 1 is 1.27 bits per heavy atom. The summed E-state index contributed by atoms with van der Waals surface area (Å²) in [7, 11) is 0. The van der Waals surface area contributed by atoms with Gasteiger partial charge in [-0.3, -0.25) is 0 Å². The molecule has 2 aromatic rings. The molecule has 0 bridgehead atoms. The second-order valence-electron chi connectivity index (χ2n) is 3.89. The Balaban J connectivity index is 2.44. The summed E-state index contributed by atoms with van der Waals surface area (Å²) in [6, 6.07) is 8.15. The van der Waals surface area contributed by atoms with Crippen LogP contribution in [0.15, 0.2) is 24.3 Å². The lowest BCUT2D eigenvalue weighted by Crippen LogP contribution is -1.91. The Labute approximate surface area is 89.9 Å². The number of benzene rings is 1. The van der Waals surface area contributed by atoms with E-state index in [2.05, 4.69) is 24.0 Å². The summed E-state index contributed by atoms with van der Waals surface area (Å²) >= 11 is 0. The maximum atomic E-state index is 9.38. The molecule has 0 aliphatic heterocycles. The standard InChI is InChI=1S/C13H17NO/c1-2-3-7-13-11(9-15)10-6-4-5-8-12(10)14-13/h4-6,8,14-15H,2-3,7,9H2,1H3. The van der Waals surface area contributed by atoms with Gasteiger partial charge >= 0.3 is 0 Å². The van der Waals surface area contributed by atoms with Crippen LogP contribution < -0.4 is 0 Å². The van der Waals surface area contributed by atoms with Gasteiger partial charge in [0.2, 0.25) is 0 Å². The van der Waals surface area contributed by atoms with Crippen molar-refractivity contribution in [2.45, 2.75) is 32.8 Å². The molecule has 80 valence electrons. The van der Waals surface area contributed by atoms with Crippen LogP contribution in [0.4, 0.5) is 0 Å². The van der Waals surface area contributed by atoms with E-state index in [9.17, 15) is 5.11 Å². The minimum absolute atomic E-state index is 0.128. The molecule has 2 heteroatoms. The fraction of sp³-hybridized carbons (Fsp3) is 0.385. The van der Waals surface area contributed by atoms with Crippen molar-refractivity contribution in [1.29, 1.82) is 0 Å². The number of nitrogens with one attached hydrogen (secondary N) is 1. The topological polar surface area (TPSA) is 36.0 Å². The minimum Gasteiger partial charge on any atom is -0.392 e. The number of rotatable bonds is 4. The molecule has 1 aromatic carbocycles. The quantitative estimate of drug-likeness (QED) is 0.787. The van der Waals surface area contributed by atoms with Crippen molar-refractivity contribution < 1.29 is 5.11 Å². The van der Waals surface area contributed by atoms with Crippen molar-refractivity contribution in [1.82, 2.24) is 4.98 Å². The fourth-order valence-electron chi connectivity index (χ4n) is 2.00. The first-order valence-electron chi connectivity index (χ1n) is 5.56. The highest BCUT2D eigenvalue weighted by Gasteiger charge is 2.08. The van der Waals surface area contributed by atoms with Gasteiger partial charge in [-0.1, -0.05) is 31.5 Å². The lowest BCUT2D eigenvalue weighted by molar-refractivity contribution is 0.282. The van der Waals surface area contributed by atoms with Crippen molar-refractivity contribution >= 4 is 10.9 Å². The SMILES string of the molecule is CCCCc1[nH]c2ccccc2c1CO. The van der Waals surface area contributed by atoms with Crippen molar-refractivity contribution in [2.75, 3.05) is 0 Å². The van der Waals surface area contributed by atoms with Gasteiger partial charge in [0.05, 0.1) is 6.61 Å². The third-order valence-electron chi connectivity index (χ3n) is 2.84. The number of para-hydroxylation sites is 1. The smallest absolute Gasteiger partial charge is 0.0705 e.